The minimum Gasteiger partial charge on any atom is -0.340 e. The number of rotatable bonds is 8. The number of aryl methyl sites for hydroxylation is 1. The second kappa shape index (κ2) is 13.2. The highest BCUT2D eigenvalue weighted by Gasteiger charge is 2.16. The zero-order valence-electron chi connectivity index (χ0n) is 25.6. The molecule has 6 nitrogen and oxygen atoms in total. The molecule has 0 saturated heterocycles. The molecular weight excluding hydrogens is 566 g/mol. The van der Waals surface area contributed by atoms with E-state index in [1.165, 1.54) is 22.3 Å². The van der Waals surface area contributed by atoms with Crippen molar-refractivity contribution in [2.24, 2.45) is 4.99 Å². The fraction of sp³-hybridized carbons (Fsp3) is 0.270. The third-order valence-corrected chi connectivity index (χ3v) is 8.84. The Bertz CT molecular complexity index is 1940. The van der Waals surface area contributed by atoms with E-state index in [4.69, 9.17) is 16.6 Å². The summed E-state index contributed by atoms with van der Waals surface area (Å²) in [4.78, 5) is 23.6. The van der Waals surface area contributed by atoms with Gasteiger partial charge in [-0.1, -0.05) is 67.9 Å². The average Bonchev–Trinajstić information content (AvgIpc) is 3.24. The first-order chi connectivity index (χ1) is 21.5. The Hall–Kier alpha value is -4.26. The number of hydrogen-bond acceptors (Lipinski definition) is 5. The van der Waals surface area contributed by atoms with Gasteiger partial charge < -0.3 is 10.6 Å². The van der Waals surface area contributed by atoms with E-state index in [-0.39, 0.29) is 5.56 Å². The van der Waals surface area contributed by atoms with Crippen LogP contribution in [0.4, 0.5) is 5.69 Å². The van der Waals surface area contributed by atoms with Crippen LogP contribution in [0.3, 0.4) is 0 Å². The summed E-state index contributed by atoms with van der Waals surface area (Å²) in [5, 5.41) is 8.39. The molecule has 2 aromatic heterocycles. The van der Waals surface area contributed by atoms with Crippen molar-refractivity contribution in [2.75, 3.05) is 18.4 Å². The monoisotopic (exact) mass is 603 g/mol. The van der Waals surface area contributed by atoms with Gasteiger partial charge in [-0.3, -0.25) is 14.3 Å². The highest BCUT2D eigenvalue weighted by atomic mass is 35.5. The number of aromatic nitrogens is 2. The molecule has 2 aromatic carbocycles. The molecule has 0 bridgehead atoms. The topological polar surface area (TPSA) is 71.3 Å². The lowest BCUT2D eigenvalue weighted by atomic mass is 10.00. The van der Waals surface area contributed by atoms with Gasteiger partial charge in [0.25, 0.3) is 5.56 Å². The van der Waals surface area contributed by atoms with Gasteiger partial charge in [0.05, 0.1) is 5.69 Å². The van der Waals surface area contributed by atoms with E-state index in [1.807, 2.05) is 43.5 Å². The van der Waals surface area contributed by atoms with Crippen LogP contribution < -0.4 is 26.9 Å². The molecule has 44 heavy (non-hydrogen) atoms. The van der Waals surface area contributed by atoms with E-state index < -0.39 is 0 Å². The number of hydrogen-bond donors (Lipinski definition) is 2. The number of pyridine rings is 2. The quantitative estimate of drug-likeness (QED) is 0.234. The van der Waals surface area contributed by atoms with Crippen molar-refractivity contribution >= 4 is 28.9 Å². The molecular formula is C37H38ClN5O. The molecule has 0 atom stereocenters. The molecule has 0 fully saturated rings. The number of allylic oxidation sites excluding steroid dienone is 1. The number of nitrogens with zero attached hydrogens (tertiary/aromatic N) is 3. The van der Waals surface area contributed by atoms with Crippen molar-refractivity contribution in [3.8, 4) is 22.4 Å². The van der Waals surface area contributed by atoms with Gasteiger partial charge in [-0.05, 0) is 91.8 Å². The normalized spacial score (nSPS) is 14.7. The molecule has 0 saturated carbocycles. The molecule has 2 aliphatic heterocycles. The van der Waals surface area contributed by atoms with Gasteiger partial charge in [-0.15, -0.1) is 0 Å². The lowest BCUT2D eigenvalue weighted by molar-refractivity contribution is 0.680. The zero-order valence-corrected chi connectivity index (χ0v) is 26.3. The Morgan fingerprint density at radius 2 is 1.75 bits per heavy atom. The molecule has 4 heterocycles. The van der Waals surface area contributed by atoms with Crippen LogP contribution in [0.2, 0.25) is 5.02 Å². The Kier molecular flexibility index (Phi) is 8.91. The van der Waals surface area contributed by atoms with Gasteiger partial charge in [0, 0.05) is 51.9 Å². The van der Waals surface area contributed by atoms with Crippen molar-refractivity contribution in [1.29, 1.82) is 0 Å². The van der Waals surface area contributed by atoms with Crippen molar-refractivity contribution in [1.82, 2.24) is 14.9 Å². The maximum Gasteiger partial charge on any atom is 0.260 e. The fourth-order valence-electron chi connectivity index (χ4n) is 5.87. The van der Waals surface area contributed by atoms with Crippen LogP contribution in [0.15, 0.2) is 94.1 Å². The molecule has 2 N–H and O–H groups in total. The van der Waals surface area contributed by atoms with Crippen LogP contribution in [0.5, 0.6) is 0 Å². The lowest BCUT2D eigenvalue weighted by Crippen LogP contribution is -2.43. The summed E-state index contributed by atoms with van der Waals surface area (Å²) < 4.78 is 1.75. The van der Waals surface area contributed by atoms with Crippen molar-refractivity contribution in [3.63, 3.8) is 0 Å². The van der Waals surface area contributed by atoms with Crippen molar-refractivity contribution < 1.29 is 0 Å². The number of fused-ring (bicyclic) bond motifs is 1. The number of nitrogens with one attached hydrogen (secondary N) is 2. The van der Waals surface area contributed by atoms with E-state index in [9.17, 15) is 4.79 Å². The van der Waals surface area contributed by atoms with Crippen LogP contribution in [-0.4, -0.2) is 22.6 Å². The minimum absolute atomic E-state index is 0.109. The standard InChI is InChI=1S/C37H38ClN5O/c1-4-24-7-16-34(40-23-24)28-12-15-31(33(38)22-28)32-21-29-9-8-25(5-2)35(42-36(29)43(6-3)37(32)44)41-30-13-10-26(11-14-30)27-17-19-39-20-18-27/h7,9-17,21-23,39,41H,4-6,8,18-20H2,1-3H3. The molecule has 6 rings (SSSR count). The van der Waals surface area contributed by atoms with E-state index >= 15 is 0 Å². The largest absolute Gasteiger partial charge is 0.340 e. The summed E-state index contributed by atoms with van der Waals surface area (Å²) in [6, 6.07) is 20.4. The number of halogens is 1. The van der Waals surface area contributed by atoms with Crippen molar-refractivity contribution in [3.05, 3.63) is 122 Å². The molecule has 0 spiro atoms. The van der Waals surface area contributed by atoms with Crippen molar-refractivity contribution in [2.45, 2.75) is 53.0 Å². The first-order valence-electron chi connectivity index (χ1n) is 15.6. The van der Waals surface area contributed by atoms with Crippen LogP contribution >= 0.6 is 11.6 Å². The lowest BCUT2D eigenvalue weighted by Gasteiger charge is -2.15. The predicted molar refractivity (Wildman–Crippen MR) is 182 cm³/mol. The minimum atomic E-state index is -0.109. The highest BCUT2D eigenvalue weighted by Crippen LogP contribution is 2.30. The zero-order chi connectivity index (χ0) is 30.6. The molecule has 0 unspecified atom stereocenters. The SMILES string of the molecule is CCC1=C(Nc2ccc(C3=CCNCC3)cc2)N=c2c(cc(-c3ccc(-c4ccc(CC)cn4)cc3Cl)c(=O)n2CC)=CC1. The van der Waals surface area contributed by atoms with Gasteiger partial charge >= 0.3 is 0 Å². The average molecular weight is 604 g/mol. The summed E-state index contributed by atoms with van der Waals surface area (Å²) in [5.41, 5.74) is 9.59. The summed E-state index contributed by atoms with van der Waals surface area (Å²) >= 11 is 6.84. The Morgan fingerprint density at radius 1 is 0.932 bits per heavy atom. The number of benzene rings is 2. The molecule has 7 heteroatoms. The van der Waals surface area contributed by atoms with E-state index in [1.54, 1.807) is 4.57 Å². The van der Waals surface area contributed by atoms with Gasteiger partial charge in [-0.2, -0.15) is 0 Å². The maximum absolute atomic E-state index is 13.9. The van der Waals surface area contributed by atoms with E-state index in [0.29, 0.717) is 28.2 Å². The first kappa shape index (κ1) is 29.8. The molecule has 0 aliphatic carbocycles. The van der Waals surface area contributed by atoms with Crippen LogP contribution in [0.1, 0.15) is 51.2 Å². The molecule has 2 aliphatic rings. The van der Waals surface area contributed by atoms with Gasteiger partial charge in [-0.25, -0.2) is 4.99 Å². The predicted octanol–water partition coefficient (Wildman–Crippen LogP) is 6.73. The Morgan fingerprint density at radius 3 is 2.41 bits per heavy atom. The third kappa shape index (κ3) is 6.05. The Labute approximate surface area is 263 Å². The molecule has 4 aromatic rings. The summed E-state index contributed by atoms with van der Waals surface area (Å²) in [5.74, 6) is 0.801. The molecule has 224 valence electrons. The van der Waals surface area contributed by atoms with Crippen LogP contribution in [0, 0.1) is 0 Å². The molecule has 0 radical (unpaired) electrons. The smallest absolute Gasteiger partial charge is 0.260 e. The van der Waals surface area contributed by atoms with E-state index in [0.717, 1.165) is 66.8 Å². The van der Waals surface area contributed by atoms with Gasteiger partial charge in [0.15, 0.2) is 0 Å². The Balaban J connectivity index is 1.36. The van der Waals surface area contributed by atoms with E-state index in [2.05, 4.69) is 71.9 Å². The molecule has 0 amide bonds. The van der Waals surface area contributed by atoms with Gasteiger partial charge in [0.2, 0.25) is 0 Å². The third-order valence-electron chi connectivity index (χ3n) is 8.52. The summed E-state index contributed by atoms with van der Waals surface area (Å²) in [6.45, 7) is 8.65. The second-order valence-corrected chi connectivity index (χ2v) is 11.6. The summed E-state index contributed by atoms with van der Waals surface area (Å²) in [7, 11) is 0. The summed E-state index contributed by atoms with van der Waals surface area (Å²) in [6.07, 6.45) is 9.89. The maximum atomic E-state index is 13.9. The highest BCUT2D eigenvalue weighted by molar-refractivity contribution is 6.33. The number of anilines is 1. The van der Waals surface area contributed by atoms with Crippen LogP contribution in [0.25, 0.3) is 34.0 Å². The van der Waals surface area contributed by atoms with Gasteiger partial charge in [0.1, 0.15) is 11.3 Å². The first-order valence-corrected chi connectivity index (χ1v) is 15.9. The fourth-order valence-corrected chi connectivity index (χ4v) is 6.15. The second-order valence-electron chi connectivity index (χ2n) is 11.2. The van der Waals surface area contributed by atoms with Crippen LogP contribution in [-0.2, 0) is 13.0 Å².